The van der Waals surface area contributed by atoms with Crippen LogP contribution in [0.15, 0.2) is 40.8 Å². The smallest absolute Gasteiger partial charge is 0.259 e. The molecular formula is C23H24N6O3S. The molecule has 0 fully saturated rings. The van der Waals surface area contributed by atoms with Crippen LogP contribution in [-0.4, -0.2) is 43.0 Å². The topological polar surface area (TPSA) is 106 Å². The zero-order valence-corrected chi connectivity index (χ0v) is 19.5. The van der Waals surface area contributed by atoms with Crippen molar-refractivity contribution in [2.24, 2.45) is 0 Å². The Balaban J connectivity index is 1.31. The number of rotatable bonds is 5. The molecular weight excluding hydrogens is 440 g/mol. The van der Waals surface area contributed by atoms with E-state index in [1.54, 1.807) is 40.3 Å². The fourth-order valence-corrected chi connectivity index (χ4v) is 4.97. The Hall–Kier alpha value is -3.53. The Kier molecular flexibility index (Phi) is 5.24. The van der Waals surface area contributed by atoms with Crippen LogP contribution in [0.1, 0.15) is 64.0 Å². The molecule has 0 saturated heterocycles. The van der Waals surface area contributed by atoms with Gasteiger partial charge >= 0.3 is 0 Å². The van der Waals surface area contributed by atoms with Gasteiger partial charge in [-0.2, -0.15) is 5.10 Å². The van der Waals surface area contributed by atoms with Gasteiger partial charge < -0.3 is 9.42 Å². The molecule has 2 amide bonds. The molecule has 4 aromatic rings. The van der Waals surface area contributed by atoms with E-state index >= 15 is 0 Å². The van der Waals surface area contributed by atoms with Gasteiger partial charge in [-0.1, -0.05) is 25.9 Å². The Bertz CT molecular complexity index is 1350. The lowest BCUT2D eigenvalue weighted by molar-refractivity contribution is 0.0739. The Morgan fingerprint density at radius 2 is 2.12 bits per heavy atom. The predicted molar refractivity (Wildman–Crippen MR) is 124 cm³/mol. The summed E-state index contributed by atoms with van der Waals surface area (Å²) in [4.78, 5) is 33.0. The van der Waals surface area contributed by atoms with Gasteiger partial charge in [0.1, 0.15) is 0 Å². The minimum atomic E-state index is -0.224. The monoisotopic (exact) mass is 464 g/mol. The lowest BCUT2D eigenvalue weighted by Gasteiger charge is -2.27. The van der Waals surface area contributed by atoms with E-state index in [4.69, 9.17) is 4.52 Å². The second-order valence-electron chi connectivity index (χ2n) is 8.76. The lowest BCUT2D eigenvalue weighted by atomic mass is 9.87. The van der Waals surface area contributed by atoms with Gasteiger partial charge in [0, 0.05) is 40.7 Å². The number of nitrogens with one attached hydrogen (secondary N) is 1. The van der Waals surface area contributed by atoms with Gasteiger partial charge in [0.05, 0.1) is 41.3 Å². The molecule has 5 rings (SSSR count). The Morgan fingerprint density at radius 3 is 2.94 bits per heavy atom. The van der Waals surface area contributed by atoms with Crippen LogP contribution in [0.2, 0.25) is 0 Å². The van der Waals surface area contributed by atoms with Gasteiger partial charge in [-0.25, -0.2) is 4.52 Å². The summed E-state index contributed by atoms with van der Waals surface area (Å²) in [7, 11) is 0. The highest BCUT2D eigenvalue weighted by Crippen LogP contribution is 2.31. The molecule has 0 radical (unpaired) electrons. The fourth-order valence-electron chi connectivity index (χ4n) is 3.88. The largest absolute Gasteiger partial charge is 0.338 e. The van der Waals surface area contributed by atoms with Crippen LogP contribution in [0, 0.1) is 0 Å². The van der Waals surface area contributed by atoms with E-state index in [1.165, 1.54) is 11.3 Å². The molecule has 5 heterocycles. The van der Waals surface area contributed by atoms with Gasteiger partial charge in [0.2, 0.25) is 5.88 Å². The molecule has 0 unspecified atom stereocenters. The molecule has 0 aromatic carbocycles. The number of anilines is 1. The molecule has 0 aliphatic carbocycles. The van der Waals surface area contributed by atoms with Crippen molar-refractivity contribution < 1.29 is 14.1 Å². The van der Waals surface area contributed by atoms with Gasteiger partial charge in [0.15, 0.2) is 0 Å². The minimum absolute atomic E-state index is 0.0872. The summed E-state index contributed by atoms with van der Waals surface area (Å²) in [5.41, 5.74) is 3.49. The molecule has 4 aromatic heterocycles. The van der Waals surface area contributed by atoms with Crippen LogP contribution in [0.5, 0.6) is 0 Å². The quantitative estimate of drug-likeness (QED) is 0.480. The molecule has 1 aliphatic rings. The first kappa shape index (κ1) is 21.3. The van der Waals surface area contributed by atoms with Crippen LogP contribution in [0.3, 0.4) is 0 Å². The van der Waals surface area contributed by atoms with E-state index in [0.29, 0.717) is 42.0 Å². The number of aromatic nitrogens is 4. The maximum absolute atomic E-state index is 13.1. The first-order chi connectivity index (χ1) is 15.9. The third-order valence-electron chi connectivity index (χ3n) is 6.36. The molecule has 1 N–H and O–H groups in total. The summed E-state index contributed by atoms with van der Waals surface area (Å²) in [5, 5.41) is 13.0. The van der Waals surface area contributed by atoms with Gasteiger partial charge in [-0.05, 0) is 18.4 Å². The molecule has 170 valence electrons. The van der Waals surface area contributed by atoms with Crippen molar-refractivity contribution >= 4 is 34.6 Å². The summed E-state index contributed by atoms with van der Waals surface area (Å²) < 4.78 is 6.98. The number of fused-ring (bicyclic) bond motifs is 2. The van der Waals surface area contributed by atoms with E-state index in [1.807, 2.05) is 5.38 Å². The van der Waals surface area contributed by atoms with Gasteiger partial charge in [-0.3, -0.25) is 19.9 Å². The van der Waals surface area contributed by atoms with Gasteiger partial charge in [-0.15, -0.1) is 11.3 Å². The van der Waals surface area contributed by atoms with Crippen molar-refractivity contribution in [3.63, 3.8) is 0 Å². The second-order valence-corrected chi connectivity index (χ2v) is 9.72. The number of hydrogen-bond acceptors (Lipinski definition) is 7. The molecule has 0 atom stereocenters. The SMILES string of the molecule is CCC(C)(C)c1cc(NC(=O)c2csc3c2CCN(C(=O)c2cnn4ccncc24)C3)on1. The number of carbonyl (C=O) groups is 2. The van der Waals surface area contributed by atoms with Crippen molar-refractivity contribution in [2.75, 3.05) is 11.9 Å². The molecule has 10 heteroatoms. The average Bonchev–Trinajstić information content (AvgIpc) is 3.56. The van der Waals surface area contributed by atoms with Crippen LogP contribution in [0.4, 0.5) is 5.88 Å². The number of carbonyl (C=O) groups excluding carboxylic acids is 2. The van der Waals surface area contributed by atoms with E-state index in [9.17, 15) is 9.59 Å². The van der Waals surface area contributed by atoms with Crippen molar-refractivity contribution in [1.29, 1.82) is 0 Å². The van der Waals surface area contributed by atoms with Crippen LogP contribution in [-0.2, 0) is 18.4 Å². The molecule has 9 nitrogen and oxygen atoms in total. The predicted octanol–water partition coefficient (Wildman–Crippen LogP) is 3.92. The highest BCUT2D eigenvalue weighted by Gasteiger charge is 2.29. The lowest BCUT2D eigenvalue weighted by Crippen LogP contribution is -2.35. The highest BCUT2D eigenvalue weighted by atomic mass is 32.1. The summed E-state index contributed by atoms with van der Waals surface area (Å²) in [6, 6.07) is 1.78. The van der Waals surface area contributed by atoms with Crippen molar-refractivity contribution in [1.82, 2.24) is 24.7 Å². The maximum atomic E-state index is 13.1. The zero-order valence-electron chi connectivity index (χ0n) is 18.7. The van der Waals surface area contributed by atoms with Crippen LogP contribution >= 0.6 is 11.3 Å². The third kappa shape index (κ3) is 3.80. The van der Waals surface area contributed by atoms with E-state index in [2.05, 4.69) is 41.3 Å². The number of amides is 2. The zero-order chi connectivity index (χ0) is 23.2. The normalized spacial score (nSPS) is 13.8. The summed E-state index contributed by atoms with van der Waals surface area (Å²) in [5.74, 6) is 0.0274. The first-order valence-electron chi connectivity index (χ1n) is 10.8. The van der Waals surface area contributed by atoms with Crippen molar-refractivity contribution in [3.8, 4) is 0 Å². The standard InChI is InChI=1S/C23H24N6O3S/c1-4-23(2,3)19-9-20(32-27-19)26-21(30)16-13-33-18-12-28(7-5-14(16)18)22(31)15-10-25-29-8-6-24-11-17(15)29/h6,8-11,13H,4-5,7,12H2,1-3H3,(H,26,30). The Labute approximate surface area is 194 Å². The number of hydrogen-bond donors (Lipinski definition) is 1. The molecule has 0 bridgehead atoms. The number of thiophene rings is 1. The molecule has 1 aliphatic heterocycles. The number of nitrogens with zero attached hydrogens (tertiary/aromatic N) is 5. The third-order valence-corrected chi connectivity index (χ3v) is 7.37. The molecule has 0 saturated carbocycles. The molecule has 33 heavy (non-hydrogen) atoms. The van der Waals surface area contributed by atoms with Crippen LogP contribution < -0.4 is 5.32 Å². The maximum Gasteiger partial charge on any atom is 0.259 e. The summed E-state index contributed by atoms with van der Waals surface area (Å²) >= 11 is 1.49. The highest BCUT2D eigenvalue weighted by molar-refractivity contribution is 7.10. The van der Waals surface area contributed by atoms with Crippen molar-refractivity contribution in [2.45, 2.75) is 45.6 Å². The average molecular weight is 465 g/mol. The Morgan fingerprint density at radius 1 is 1.27 bits per heavy atom. The van der Waals surface area contributed by atoms with Crippen LogP contribution in [0.25, 0.3) is 5.52 Å². The van der Waals surface area contributed by atoms with E-state index in [-0.39, 0.29) is 17.2 Å². The fraction of sp³-hybridized carbons (Fsp3) is 0.348. The molecule has 0 spiro atoms. The summed E-state index contributed by atoms with van der Waals surface area (Å²) in [6.45, 7) is 7.24. The van der Waals surface area contributed by atoms with E-state index in [0.717, 1.165) is 22.6 Å². The van der Waals surface area contributed by atoms with E-state index < -0.39 is 0 Å². The second kappa shape index (κ2) is 8.11. The first-order valence-corrected chi connectivity index (χ1v) is 11.7. The van der Waals surface area contributed by atoms with Crippen molar-refractivity contribution in [3.05, 3.63) is 63.5 Å². The van der Waals surface area contributed by atoms with Gasteiger partial charge in [0.25, 0.3) is 11.8 Å². The minimum Gasteiger partial charge on any atom is -0.338 e. The summed E-state index contributed by atoms with van der Waals surface area (Å²) in [6.07, 6.45) is 8.07.